The van der Waals surface area contributed by atoms with Crippen molar-refractivity contribution in [3.63, 3.8) is 0 Å². The molecule has 0 atom stereocenters. The lowest BCUT2D eigenvalue weighted by atomic mass is 10.3. The molecule has 0 saturated heterocycles. The van der Waals surface area contributed by atoms with Crippen LogP contribution in [0.5, 0.6) is 0 Å². The number of alkyl halides is 1. The van der Waals surface area contributed by atoms with Gasteiger partial charge in [-0.15, -0.1) is 0 Å². The molecule has 0 fully saturated rings. The van der Waals surface area contributed by atoms with Crippen LogP contribution in [0.4, 0.5) is 0 Å². The van der Waals surface area contributed by atoms with E-state index in [0.717, 1.165) is 17.5 Å². The number of rotatable bonds is 16. The van der Waals surface area contributed by atoms with Crippen molar-refractivity contribution >= 4 is 28.6 Å². The summed E-state index contributed by atoms with van der Waals surface area (Å²) in [6.07, 6.45) is 1.27. The predicted molar refractivity (Wildman–Crippen MR) is 88.0 cm³/mol. The van der Waals surface area contributed by atoms with Crippen LogP contribution in [0.1, 0.15) is 19.8 Å². The lowest BCUT2D eigenvalue weighted by Gasteiger charge is -2.07. The fourth-order valence-corrected chi connectivity index (χ4v) is 1.62. The third-order valence-electron chi connectivity index (χ3n) is 2.28. The fraction of sp³-hybridized carbons (Fsp3) is 0.929. The molecule has 7 heteroatoms. The number of carbonyl (C=O) groups is 1. The van der Waals surface area contributed by atoms with Crippen molar-refractivity contribution in [1.82, 2.24) is 0 Å². The molecule has 0 aliphatic carbocycles. The topological polar surface area (TPSA) is 63.2 Å². The van der Waals surface area contributed by atoms with E-state index in [0.29, 0.717) is 59.3 Å². The second-order valence-corrected chi connectivity index (χ2v) is 5.19. The second-order valence-electron chi connectivity index (χ2n) is 4.11. The van der Waals surface area contributed by atoms with Crippen LogP contribution < -0.4 is 0 Å². The van der Waals surface area contributed by atoms with Crippen molar-refractivity contribution in [2.24, 2.45) is 0 Å². The Balaban J connectivity index is 3.01. The molecule has 0 radical (unpaired) electrons. The summed E-state index contributed by atoms with van der Waals surface area (Å²) in [4.78, 5) is 11.0. The Bertz CT molecular complexity index is 228. The van der Waals surface area contributed by atoms with E-state index in [-0.39, 0.29) is 5.97 Å². The third kappa shape index (κ3) is 18.0. The van der Waals surface area contributed by atoms with Crippen molar-refractivity contribution < 1.29 is 28.5 Å². The highest BCUT2D eigenvalue weighted by Crippen LogP contribution is 1.91. The van der Waals surface area contributed by atoms with Crippen LogP contribution in [0.2, 0.25) is 0 Å². The Morgan fingerprint density at radius 3 is 1.62 bits per heavy atom. The van der Waals surface area contributed by atoms with E-state index in [1.165, 1.54) is 0 Å². The molecule has 126 valence electrons. The van der Waals surface area contributed by atoms with Gasteiger partial charge in [-0.25, -0.2) is 0 Å². The Labute approximate surface area is 140 Å². The summed E-state index contributed by atoms with van der Waals surface area (Å²) in [6.45, 7) is 6.75. The summed E-state index contributed by atoms with van der Waals surface area (Å²) >= 11 is 2.27. The van der Waals surface area contributed by atoms with Gasteiger partial charge in [0.25, 0.3) is 0 Å². The predicted octanol–water partition coefficient (Wildman–Crippen LogP) is 1.83. The van der Waals surface area contributed by atoms with Crippen LogP contribution in [0, 0.1) is 0 Å². The van der Waals surface area contributed by atoms with Gasteiger partial charge in [0.05, 0.1) is 52.9 Å². The van der Waals surface area contributed by atoms with Crippen LogP contribution in [-0.4, -0.2) is 69.9 Å². The van der Waals surface area contributed by atoms with Crippen LogP contribution in [0.15, 0.2) is 0 Å². The van der Waals surface area contributed by atoms with Crippen molar-refractivity contribution in [1.29, 1.82) is 0 Å². The molecule has 0 aliphatic heterocycles. The molecule has 0 rings (SSSR count). The van der Waals surface area contributed by atoms with E-state index < -0.39 is 0 Å². The summed E-state index contributed by atoms with van der Waals surface area (Å²) in [5.74, 6) is -0.169. The van der Waals surface area contributed by atoms with Gasteiger partial charge in [-0.2, -0.15) is 0 Å². The molecule has 0 N–H and O–H groups in total. The molecule has 0 aromatic heterocycles. The zero-order valence-corrected chi connectivity index (χ0v) is 15.0. The smallest absolute Gasteiger partial charge is 0.305 e. The molecule has 0 bridgehead atoms. The average Bonchev–Trinajstić information content (AvgIpc) is 2.48. The van der Waals surface area contributed by atoms with Gasteiger partial charge in [0.15, 0.2) is 0 Å². The van der Waals surface area contributed by atoms with Gasteiger partial charge in [0.1, 0.15) is 6.61 Å². The van der Waals surface area contributed by atoms with E-state index in [1.807, 2.05) is 6.92 Å². The summed E-state index contributed by atoms with van der Waals surface area (Å²) in [5, 5.41) is 0. The highest BCUT2D eigenvalue weighted by molar-refractivity contribution is 14.1. The first kappa shape index (κ1) is 21.0. The highest BCUT2D eigenvalue weighted by Gasteiger charge is 1.99. The van der Waals surface area contributed by atoms with Crippen LogP contribution >= 0.6 is 22.6 Å². The monoisotopic (exact) mass is 418 g/mol. The molecule has 0 saturated carbocycles. The summed E-state index contributed by atoms with van der Waals surface area (Å²) in [5.41, 5.74) is 0. The molecular formula is C14H27IO6. The molecular weight excluding hydrogens is 391 g/mol. The molecule has 0 heterocycles. The van der Waals surface area contributed by atoms with Gasteiger partial charge < -0.3 is 23.7 Å². The largest absolute Gasteiger partial charge is 0.463 e. The van der Waals surface area contributed by atoms with Gasteiger partial charge >= 0.3 is 5.97 Å². The van der Waals surface area contributed by atoms with Crippen molar-refractivity contribution in [3.05, 3.63) is 0 Å². The van der Waals surface area contributed by atoms with Crippen molar-refractivity contribution in [2.75, 3.05) is 63.9 Å². The Kier molecular flexibility index (Phi) is 18.1. The average molecular weight is 418 g/mol. The highest BCUT2D eigenvalue weighted by atomic mass is 127. The molecule has 0 aromatic carbocycles. The molecule has 0 aliphatic rings. The van der Waals surface area contributed by atoms with E-state index in [1.54, 1.807) is 0 Å². The maximum absolute atomic E-state index is 11.0. The van der Waals surface area contributed by atoms with E-state index in [2.05, 4.69) is 22.6 Å². The maximum Gasteiger partial charge on any atom is 0.305 e. The molecule has 0 unspecified atom stereocenters. The SMILES string of the molecule is CCCC(=O)OCCOCCOCCOCCOCCI. The number of esters is 1. The first-order valence-electron chi connectivity index (χ1n) is 7.33. The first-order chi connectivity index (χ1) is 10.3. The lowest BCUT2D eigenvalue weighted by molar-refractivity contribution is -0.145. The molecule has 0 amide bonds. The fourth-order valence-electron chi connectivity index (χ4n) is 1.31. The quantitative estimate of drug-likeness (QED) is 0.165. The van der Waals surface area contributed by atoms with Crippen molar-refractivity contribution in [3.8, 4) is 0 Å². The normalized spacial score (nSPS) is 10.8. The Hall–Kier alpha value is 0.0400. The Morgan fingerprint density at radius 1 is 0.762 bits per heavy atom. The van der Waals surface area contributed by atoms with Crippen LogP contribution in [0.25, 0.3) is 0 Å². The third-order valence-corrected chi connectivity index (χ3v) is 2.72. The molecule has 0 spiro atoms. The van der Waals surface area contributed by atoms with E-state index in [4.69, 9.17) is 23.7 Å². The van der Waals surface area contributed by atoms with Gasteiger partial charge in [-0.1, -0.05) is 29.5 Å². The standard InChI is InChI=1S/C14H27IO6/c1-2-3-14(16)21-13-12-20-11-10-19-9-8-18-7-6-17-5-4-15/h2-13H2,1H3. The second kappa shape index (κ2) is 18.1. The van der Waals surface area contributed by atoms with Gasteiger partial charge in [-0.3, -0.25) is 4.79 Å². The zero-order chi connectivity index (χ0) is 15.6. The number of carbonyl (C=O) groups excluding carboxylic acids is 1. The number of ether oxygens (including phenoxy) is 5. The lowest BCUT2D eigenvalue weighted by Crippen LogP contribution is -2.14. The zero-order valence-electron chi connectivity index (χ0n) is 12.8. The first-order valence-corrected chi connectivity index (χ1v) is 8.86. The minimum atomic E-state index is -0.169. The molecule has 21 heavy (non-hydrogen) atoms. The van der Waals surface area contributed by atoms with Crippen LogP contribution in [-0.2, 0) is 28.5 Å². The van der Waals surface area contributed by atoms with E-state index in [9.17, 15) is 4.79 Å². The number of halogens is 1. The van der Waals surface area contributed by atoms with Crippen molar-refractivity contribution in [2.45, 2.75) is 19.8 Å². The van der Waals surface area contributed by atoms with Gasteiger partial charge in [0.2, 0.25) is 0 Å². The van der Waals surface area contributed by atoms with Gasteiger partial charge in [0, 0.05) is 10.8 Å². The Morgan fingerprint density at radius 2 is 1.19 bits per heavy atom. The summed E-state index contributed by atoms with van der Waals surface area (Å²) in [6, 6.07) is 0. The summed E-state index contributed by atoms with van der Waals surface area (Å²) in [7, 11) is 0. The minimum absolute atomic E-state index is 0.169. The molecule has 6 nitrogen and oxygen atoms in total. The van der Waals surface area contributed by atoms with Crippen LogP contribution in [0.3, 0.4) is 0 Å². The maximum atomic E-state index is 11.0. The summed E-state index contributed by atoms with van der Waals surface area (Å²) < 4.78 is 27.1. The van der Waals surface area contributed by atoms with E-state index >= 15 is 0 Å². The molecule has 0 aromatic rings. The minimum Gasteiger partial charge on any atom is -0.463 e. The van der Waals surface area contributed by atoms with Gasteiger partial charge in [-0.05, 0) is 6.42 Å². The number of hydrogen-bond donors (Lipinski definition) is 0. The number of hydrogen-bond acceptors (Lipinski definition) is 6.